The van der Waals surface area contributed by atoms with Gasteiger partial charge in [-0.15, -0.1) is 0 Å². The lowest BCUT2D eigenvalue weighted by atomic mass is 9.87. The van der Waals surface area contributed by atoms with Crippen molar-refractivity contribution in [3.8, 4) is 0 Å². The summed E-state index contributed by atoms with van der Waals surface area (Å²) in [4.78, 5) is 17.3. The van der Waals surface area contributed by atoms with Crippen LogP contribution in [0, 0.1) is 0 Å². The summed E-state index contributed by atoms with van der Waals surface area (Å²) >= 11 is 0. The number of amides is 1. The Morgan fingerprint density at radius 1 is 1.19 bits per heavy atom. The number of nitrogens with zero attached hydrogens (tertiary/aromatic N) is 3. The quantitative estimate of drug-likeness (QED) is 0.848. The second-order valence-electron chi connectivity index (χ2n) is 7.41. The number of piperazine rings is 1. The SMILES string of the molecule is CCCc1oncc1C(=O)N1CCN([C@H]2CCc3ccccc3C2)CC1. The van der Waals surface area contributed by atoms with Gasteiger partial charge in [-0.1, -0.05) is 36.3 Å². The normalized spacial score (nSPS) is 20.8. The van der Waals surface area contributed by atoms with Crippen LogP contribution in [0.2, 0.25) is 0 Å². The Labute approximate surface area is 155 Å². The number of carbonyl (C=O) groups is 1. The van der Waals surface area contributed by atoms with Gasteiger partial charge in [-0.2, -0.15) is 0 Å². The summed E-state index contributed by atoms with van der Waals surface area (Å²) in [6.07, 6.45) is 6.82. The second-order valence-corrected chi connectivity index (χ2v) is 7.41. The van der Waals surface area contributed by atoms with Gasteiger partial charge in [-0.3, -0.25) is 9.69 Å². The van der Waals surface area contributed by atoms with Crippen LogP contribution in [0.5, 0.6) is 0 Å². The molecule has 2 aliphatic rings. The molecule has 0 bridgehead atoms. The molecule has 138 valence electrons. The summed E-state index contributed by atoms with van der Waals surface area (Å²) in [5, 5.41) is 3.83. The highest BCUT2D eigenvalue weighted by molar-refractivity contribution is 5.94. The minimum absolute atomic E-state index is 0.0725. The fourth-order valence-corrected chi connectivity index (χ4v) is 4.30. The topological polar surface area (TPSA) is 49.6 Å². The number of hydrogen-bond donors (Lipinski definition) is 0. The summed E-state index contributed by atoms with van der Waals surface area (Å²) in [6.45, 7) is 5.55. The highest BCUT2D eigenvalue weighted by atomic mass is 16.5. The van der Waals surface area contributed by atoms with E-state index in [2.05, 4.69) is 41.2 Å². The lowest BCUT2D eigenvalue weighted by Crippen LogP contribution is -2.53. The molecule has 2 heterocycles. The smallest absolute Gasteiger partial charge is 0.259 e. The van der Waals surface area contributed by atoms with Gasteiger partial charge in [0.25, 0.3) is 5.91 Å². The number of rotatable bonds is 4. The molecular weight excluding hydrogens is 326 g/mol. The standard InChI is InChI=1S/C21H27N3O2/c1-2-5-20-19(15-22-26-20)21(25)24-12-10-23(11-13-24)18-9-8-16-6-3-4-7-17(16)14-18/h3-4,6-7,15,18H,2,5,8-14H2,1H3/t18-/m0/s1. The predicted molar refractivity (Wildman–Crippen MR) is 100 cm³/mol. The van der Waals surface area contributed by atoms with E-state index >= 15 is 0 Å². The average Bonchev–Trinajstić information content (AvgIpc) is 3.16. The maximum Gasteiger partial charge on any atom is 0.259 e. The van der Waals surface area contributed by atoms with E-state index in [1.165, 1.54) is 24.0 Å². The Morgan fingerprint density at radius 3 is 2.73 bits per heavy atom. The van der Waals surface area contributed by atoms with E-state index in [1.54, 1.807) is 6.20 Å². The van der Waals surface area contributed by atoms with E-state index in [0.29, 0.717) is 11.6 Å². The number of carbonyl (C=O) groups excluding carboxylic acids is 1. The predicted octanol–water partition coefficient (Wildman–Crippen LogP) is 2.94. The van der Waals surface area contributed by atoms with Gasteiger partial charge in [0, 0.05) is 38.6 Å². The second kappa shape index (κ2) is 7.62. The third-order valence-electron chi connectivity index (χ3n) is 5.79. The van der Waals surface area contributed by atoms with E-state index in [4.69, 9.17) is 4.52 Å². The Hall–Kier alpha value is -2.14. The first-order chi connectivity index (χ1) is 12.8. The van der Waals surface area contributed by atoms with Crippen LogP contribution in [0.15, 0.2) is 35.0 Å². The van der Waals surface area contributed by atoms with E-state index < -0.39 is 0 Å². The number of hydrogen-bond acceptors (Lipinski definition) is 4. The molecule has 1 aliphatic carbocycles. The molecule has 0 radical (unpaired) electrons. The molecule has 1 amide bonds. The lowest BCUT2D eigenvalue weighted by molar-refractivity contribution is 0.0551. The van der Waals surface area contributed by atoms with Crippen LogP contribution in [-0.2, 0) is 19.3 Å². The first-order valence-corrected chi connectivity index (χ1v) is 9.80. The fraction of sp³-hybridized carbons (Fsp3) is 0.524. The van der Waals surface area contributed by atoms with Crippen molar-refractivity contribution in [2.45, 2.75) is 45.1 Å². The Balaban J connectivity index is 1.36. The van der Waals surface area contributed by atoms with Crippen LogP contribution in [0.1, 0.15) is 47.0 Å². The molecule has 1 aromatic heterocycles. The van der Waals surface area contributed by atoms with E-state index in [1.807, 2.05) is 4.90 Å². The molecule has 5 nitrogen and oxygen atoms in total. The van der Waals surface area contributed by atoms with Gasteiger partial charge in [0.1, 0.15) is 11.3 Å². The highest BCUT2D eigenvalue weighted by Crippen LogP contribution is 2.25. The Morgan fingerprint density at radius 2 is 1.96 bits per heavy atom. The molecule has 1 atom stereocenters. The van der Waals surface area contributed by atoms with E-state index in [9.17, 15) is 4.79 Å². The molecule has 0 unspecified atom stereocenters. The monoisotopic (exact) mass is 353 g/mol. The zero-order chi connectivity index (χ0) is 17.9. The molecule has 1 aromatic carbocycles. The third kappa shape index (κ3) is 3.40. The van der Waals surface area contributed by atoms with Crippen molar-refractivity contribution in [1.29, 1.82) is 0 Å². The minimum atomic E-state index is 0.0725. The van der Waals surface area contributed by atoms with Gasteiger partial charge in [0.15, 0.2) is 0 Å². The molecule has 1 fully saturated rings. The van der Waals surface area contributed by atoms with Crippen molar-refractivity contribution in [3.63, 3.8) is 0 Å². The van der Waals surface area contributed by atoms with Crippen LogP contribution in [0.3, 0.4) is 0 Å². The molecular formula is C21H27N3O2. The molecule has 5 heteroatoms. The number of benzene rings is 1. The van der Waals surface area contributed by atoms with Gasteiger partial charge in [-0.25, -0.2) is 0 Å². The Kier molecular flexibility index (Phi) is 5.07. The molecule has 2 aromatic rings. The fourth-order valence-electron chi connectivity index (χ4n) is 4.30. The first-order valence-electron chi connectivity index (χ1n) is 9.80. The molecule has 0 spiro atoms. The number of aromatic nitrogens is 1. The van der Waals surface area contributed by atoms with Crippen molar-refractivity contribution < 1.29 is 9.32 Å². The summed E-state index contributed by atoms with van der Waals surface area (Å²) < 4.78 is 5.26. The molecule has 26 heavy (non-hydrogen) atoms. The molecule has 1 aliphatic heterocycles. The van der Waals surface area contributed by atoms with Crippen molar-refractivity contribution in [2.75, 3.05) is 26.2 Å². The maximum absolute atomic E-state index is 12.8. The van der Waals surface area contributed by atoms with Crippen LogP contribution in [0.25, 0.3) is 0 Å². The highest BCUT2D eigenvalue weighted by Gasteiger charge is 2.30. The Bertz CT molecular complexity index is 762. The maximum atomic E-state index is 12.8. The molecule has 0 N–H and O–H groups in total. The van der Waals surface area contributed by atoms with Crippen LogP contribution < -0.4 is 0 Å². The zero-order valence-electron chi connectivity index (χ0n) is 15.5. The summed E-state index contributed by atoms with van der Waals surface area (Å²) in [7, 11) is 0. The van der Waals surface area contributed by atoms with Gasteiger partial charge < -0.3 is 9.42 Å². The first kappa shape index (κ1) is 17.3. The molecule has 4 rings (SSSR count). The molecule has 1 saturated heterocycles. The van der Waals surface area contributed by atoms with Gasteiger partial charge >= 0.3 is 0 Å². The number of fused-ring (bicyclic) bond motifs is 1. The largest absolute Gasteiger partial charge is 0.361 e. The molecule has 0 saturated carbocycles. The summed E-state index contributed by atoms with van der Waals surface area (Å²) in [5.74, 6) is 0.798. The third-order valence-corrected chi connectivity index (χ3v) is 5.79. The van der Waals surface area contributed by atoms with Crippen molar-refractivity contribution >= 4 is 5.91 Å². The lowest BCUT2D eigenvalue weighted by Gasteiger charge is -2.41. The van der Waals surface area contributed by atoms with Crippen LogP contribution in [-0.4, -0.2) is 53.1 Å². The number of aryl methyl sites for hydroxylation is 2. The van der Waals surface area contributed by atoms with Gasteiger partial charge in [-0.05, 0) is 36.8 Å². The van der Waals surface area contributed by atoms with Gasteiger partial charge in [0.05, 0.1) is 6.20 Å². The van der Waals surface area contributed by atoms with Crippen molar-refractivity contribution in [2.24, 2.45) is 0 Å². The average molecular weight is 353 g/mol. The zero-order valence-corrected chi connectivity index (χ0v) is 15.5. The summed E-state index contributed by atoms with van der Waals surface area (Å²) in [6, 6.07) is 9.41. The van der Waals surface area contributed by atoms with E-state index in [0.717, 1.165) is 51.2 Å². The summed E-state index contributed by atoms with van der Waals surface area (Å²) in [5.41, 5.74) is 3.65. The van der Waals surface area contributed by atoms with Crippen molar-refractivity contribution in [1.82, 2.24) is 15.0 Å². The van der Waals surface area contributed by atoms with Gasteiger partial charge in [0.2, 0.25) is 0 Å². The van der Waals surface area contributed by atoms with Crippen LogP contribution >= 0.6 is 0 Å². The minimum Gasteiger partial charge on any atom is -0.361 e. The van der Waals surface area contributed by atoms with Crippen LogP contribution in [0.4, 0.5) is 0 Å². The van der Waals surface area contributed by atoms with Crippen molar-refractivity contribution in [3.05, 3.63) is 52.9 Å². The van der Waals surface area contributed by atoms with E-state index in [-0.39, 0.29) is 5.91 Å².